The molecule has 2 amide bonds. The maximum atomic E-state index is 12.6. The smallest absolute Gasteiger partial charge is 0.255 e. The monoisotopic (exact) mass is 362 g/mol. The number of carbonyl (C=O) groups excluding carboxylic acids is 2. The molecule has 8 heteroatoms. The molecule has 0 saturated heterocycles. The van der Waals surface area contributed by atoms with Crippen molar-refractivity contribution in [2.45, 2.75) is 19.9 Å². The number of rotatable bonds is 8. The van der Waals surface area contributed by atoms with Crippen LogP contribution in [-0.4, -0.2) is 32.6 Å². The third-order valence-electron chi connectivity index (χ3n) is 3.62. The number of hydrogen-bond donors (Lipinski definition) is 2. The Balaban J connectivity index is 2.25. The molecule has 140 valence electrons. The zero-order valence-corrected chi connectivity index (χ0v) is 15.1. The molecule has 0 aliphatic carbocycles. The van der Waals surface area contributed by atoms with Crippen LogP contribution in [0.5, 0.6) is 17.2 Å². The van der Waals surface area contributed by atoms with Gasteiger partial charge in [0.25, 0.3) is 11.8 Å². The molecular weight excluding hydrogens is 340 g/mol. The van der Waals surface area contributed by atoms with Crippen molar-refractivity contribution in [2.75, 3.05) is 20.8 Å². The average molecular weight is 362 g/mol. The van der Waals surface area contributed by atoms with E-state index in [2.05, 4.69) is 5.32 Å². The number of methoxy groups -OCH3 is 2. The van der Waals surface area contributed by atoms with Crippen molar-refractivity contribution in [3.63, 3.8) is 0 Å². The van der Waals surface area contributed by atoms with E-state index >= 15 is 0 Å². The molecule has 2 aromatic rings. The highest BCUT2D eigenvalue weighted by molar-refractivity contribution is 5.95. The van der Waals surface area contributed by atoms with E-state index in [0.717, 1.165) is 5.76 Å². The van der Waals surface area contributed by atoms with Gasteiger partial charge in [0.1, 0.15) is 11.5 Å². The largest absolute Gasteiger partial charge is 0.493 e. The van der Waals surface area contributed by atoms with E-state index in [1.807, 2.05) is 26.0 Å². The Morgan fingerprint density at radius 3 is 2.27 bits per heavy atom. The maximum Gasteiger partial charge on any atom is 0.255 e. The molecule has 0 unspecified atom stereocenters. The molecule has 1 aromatic heterocycles. The Morgan fingerprint density at radius 2 is 1.81 bits per heavy atom. The Morgan fingerprint density at radius 1 is 1.19 bits per heavy atom. The molecule has 2 rings (SSSR count). The lowest BCUT2D eigenvalue weighted by molar-refractivity contribution is -0.120. The molecule has 0 radical (unpaired) electrons. The van der Waals surface area contributed by atoms with Crippen LogP contribution in [0, 0.1) is 6.92 Å². The summed E-state index contributed by atoms with van der Waals surface area (Å²) in [7, 11) is 2.84. The highest BCUT2D eigenvalue weighted by Crippen LogP contribution is 2.38. The second kappa shape index (κ2) is 8.28. The summed E-state index contributed by atoms with van der Waals surface area (Å²) in [4.78, 5) is 23.5. The molecule has 3 N–H and O–H groups in total. The molecule has 0 fully saturated rings. The van der Waals surface area contributed by atoms with Crippen molar-refractivity contribution in [3.8, 4) is 17.2 Å². The van der Waals surface area contributed by atoms with Crippen LogP contribution in [0.4, 0.5) is 0 Å². The Hall–Kier alpha value is -3.16. The van der Waals surface area contributed by atoms with Crippen molar-refractivity contribution in [1.29, 1.82) is 0 Å². The molecule has 1 atom stereocenters. The molecular formula is C18H22N2O6. The first-order valence-corrected chi connectivity index (χ1v) is 7.90. The van der Waals surface area contributed by atoms with Gasteiger partial charge in [0.05, 0.1) is 20.3 Å². The zero-order valence-electron chi connectivity index (χ0n) is 15.1. The molecule has 1 heterocycles. The predicted molar refractivity (Wildman–Crippen MR) is 93.6 cm³/mol. The second-order valence-corrected chi connectivity index (χ2v) is 5.61. The van der Waals surface area contributed by atoms with Gasteiger partial charge in [-0.2, -0.15) is 0 Å². The summed E-state index contributed by atoms with van der Waals surface area (Å²) in [5.41, 5.74) is 5.40. The number of benzene rings is 1. The fourth-order valence-electron chi connectivity index (χ4n) is 2.33. The van der Waals surface area contributed by atoms with Gasteiger partial charge in [0.2, 0.25) is 5.75 Å². The van der Waals surface area contributed by atoms with Crippen LogP contribution in [0.2, 0.25) is 0 Å². The minimum absolute atomic E-state index is 0.194. The Labute approximate surface area is 151 Å². The minimum Gasteiger partial charge on any atom is -0.493 e. The topological polar surface area (TPSA) is 113 Å². The molecule has 0 bridgehead atoms. The van der Waals surface area contributed by atoms with Gasteiger partial charge in [-0.3, -0.25) is 9.59 Å². The normalized spacial score (nSPS) is 11.5. The maximum absolute atomic E-state index is 12.6. The van der Waals surface area contributed by atoms with E-state index in [1.165, 1.54) is 26.4 Å². The predicted octanol–water partition coefficient (Wildman–Crippen LogP) is 1.96. The minimum atomic E-state index is -0.640. The summed E-state index contributed by atoms with van der Waals surface area (Å²) in [6.07, 6.45) is 0. The standard InChI is InChI=1S/C18H22N2O6/c1-10-5-6-13(26-10)11(2)20-18(22)12-7-14(23-3)17(15(8-12)24-4)25-9-16(19)21/h5-8,11H,9H2,1-4H3,(H2,19,21)(H,20,22)/t11-/m0/s1. The molecule has 0 aliphatic heterocycles. The summed E-state index contributed by atoms with van der Waals surface area (Å²) in [6, 6.07) is 6.30. The first-order valence-electron chi connectivity index (χ1n) is 7.90. The van der Waals surface area contributed by atoms with Gasteiger partial charge in [0, 0.05) is 5.56 Å². The van der Waals surface area contributed by atoms with Gasteiger partial charge < -0.3 is 29.7 Å². The molecule has 0 aliphatic rings. The van der Waals surface area contributed by atoms with Crippen LogP contribution in [0.15, 0.2) is 28.7 Å². The van der Waals surface area contributed by atoms with E-state index in [4.69, 9.17) is 24.4 Å². The number of amides is 2. The summed E-state index contributed by atoms with van der Waals surface area (Å²) >= 11 is 0. The fraction of sp³-hybridized carbons (Fsp3) is 0.333. The number of furan rings is 1. The SMILES string of the molecule is COc1cc(C(=O)N[C@@H](C)c2ccc(C)o2)cc(OC)c1OCC(N)=O. The van der Waals surface area contributed by atoms with Gasteiger partial charge >= 0.3 is 0 Å². The van der Waals surface area contributed by atoms with Crippen LogP contribution in [0.3, 0.4) is 0 Å². The Kier molecular flexibility index (Phi) is 6.11. The summed E-state index contributed by atoms with van der Waals surface area (Å²) < 4.78 is 21.3. The van der Waals surface area contributed by atoms with Crippen LogP contribution in [-0.2, 0) is 4.79 Å². The van der Waals surface area contributed by atoms with Crippen LogP contribution >= 0.6 is 0 Å². The number of hydrogen-bond acceptors (Lipinski definition) is 6. The number of nitrogens with one attached hydrogen (secondary N) is 1. The Bertz CT molecular complexity index is 774. The van der Waals surface area contributed by atoms with Gasteiger partial charge in [-0.25, -0.2) is 0 Å². The highest BCUT2D eigenvalue weighted by Gasteiger charge is 2.20. The first-order chi connectivity index (χ1) is 12.3. The third-order valence-corrected chi connectivity index (χ3v) is 3.62. The fourth-order valence-corrected chi connectivity index (χ4v) is 2.33. The van der Waals surface area contributed by atoms with E-state index in [1.54, 1.807) is 0 Å². The van der Waals surface area contributed by atoms with Crippen molar-refractivity contribution in [3.05, 3.63) is 41.3 Å². The molecule has 1 aromatic carbocycles. The number of aryl methyl sites for hydroxylation is 1. The summed E-state index contributed by atoms with van der Waals surface area (Å²) in [5.74, 6) is 1.12. The molecule has 26 heavy (non-hydrogen) atoms. The lowest BCUT2D eigenvalue weighted by Gasteiger charge is -2.16. The van der Waals surface area contributed by atoms with Crippen molar-refractivity contribution >= 4 is 11.8 Å². The number of nitrogens with two attached hydrogens (primary N) is 1. The number of primary amides is 1. The third kappa shape index (κ3) is 4.47. The molecule has 0 spiro atoms. The van der Waals surface area contributed by atoms with E-state index < -0.39 is 5.91 Å². The van der Waals surface area contributed by atoms with E-state index in [9.17, 15) is 9.59 Å². The van der Waals surface area contributed by atoms with Gasteiger partial charge in [-0.1, -0.05) is 0 Å². The first kappa shape index (κ1) is 19.2. The molecule has 8 nitrogen and oxygen atoms in total. The average Bonchev–Trinajstić information content (AvgIpc) is 3.05. The van der Waals surface area contributed by atoms with Crippen LogP contribution in [0.1, 0.15) is 34.8 Å². The van der Waals surface area contributed by atoms with E-state index in [-0.39, 0.29) is 35.8 Å². The van der Waals surface area contributed by atoms with Crippen molar-refractivity contribution in [2.24, 2.45) is 5.73 Å². The number of ether oxygens (including phenoxy) is 3. The van der Waals surface area contributed by atoms with E-state index in [0.29, 0.717) is 11.3 Å². The lowest BCUT2D eigenvalue weighted by atomic mass is 10.1. The number of carbonyl (C=O) groups is 2. The van der Waals surface area contributed by atoms with Gasteiger partial charge in [-0.15, -0.1) is 0 Å². The summed E-state index contributed by atoms with van der Waals surface area (Å²) in [6.45, 7) is 3.31. The zero-order chi connectivity index (χ0) is 19.3. The van der Waals surface area contributed by atoms with Crippen LogP contribution < -0.4 is 25.3 Å². The van der Waals surface area contributed by atoms with Crippen LogP contribution in [0.25, 0.3) is 0 Å². The van der Waals surface area contributed by atoms with Gasteiger partial charge in [0.15, 0.2) is 18.1 Å². The highest BCUT2D eigenvalue weighted by atomic mass is 16.5. The second-order valence-electron chi connectivity index (χ2n) is 5.61. The molecule has 0 saturated carbocycles. The summed E-state index contributed by atoms with van der Waals surface area (Å²) in [5, 5.41) is 2.84. The van der Waals surface area contributed by atoms with Crippen molar-refractivity contribution < 1.29 is 28.2 Å². The quantitative estimate of drug-likeness (QED) is 0.742. The van der Waals surface area contributed by atoms with Crippen molar-refractivity contribution in [1.82, 2.24) is 5.32 Å². The lowest BCUT2D eigenvalue weighted by Crippen LogP contribution is -2.26. The van der Waals surface area contributed by atoms with Gasteiger partial charge in [-0.05, 0) is 38.1 Å².